The summed E-state index contributed by atoms with van der Waals surface area (Å²) in [5, 5.41) is 2.83. The topological polar surface area (TPSA) is 55.6 Å². The van der Waals surface area contributed by atoms with E-state index in [9.17, 15) is 9.18 Å². The maximum atomic E-state index is 13.2. The number of amides is 1. The molecule has 0 saturated carbocycles. The second-order valence-electron chi connectivity index (χ2n) is 7.06. The zero-order valence-electron chi connectivity index (χ0n) is 16.9. The first kappa shape index (κ1) is 20.3. The summed E-state index contributed by atoms with van der Waals surface area (Å²) in [7, 11) is 0. The van der Waals surface area contributed by atoms with Gasteiger partial charge in [0.25, 0.3) is 0 Å². The van der Waals surface area contributed by atoms with Crippen LogP contribution in [-0.4, -0.2) is 21.8 Å². The van der Waals surface area contributed by atoms with Gasteiger partial charge in [-0.05, 0) is 41.5 Å². The first-order valence-corrected chi connectivity index (χ1v) is 10.0. The minimum atomic E-state index is -0.314. The summed E-state index contributed by atoms with van der Waals surface area (Å²) in [5.41, 5.74) is 3.49. The van der Waals surface area contributed by atoms with Crippen LogP contribution in [0.1, 0.15) is 16.8 Å². The Morgan fingerprint density at radius 2 is 1.84 bits per heavy atom. The standard InChI is InChI=1S/C25H22FN3O2/c26-21-9-12-24-28-22(17-29(24)16-21)14-15-27-25(30)13-8-19-6-10-23(11-7-19)31-18-20-4-2-1-3-5-20/h1-13,16-17H,14-15,18H2,(H,27,30)/b13-8+. The molecule has 0 aliphatic rings. The first-order chi connectivity index (χ1) is 15.2. The van der Waals surface area contributed by atoms with Gasteiger partial charge in [0.1, 0.15) is 23.8 Å². The van der Waals surface area contributed by atoms with Crippen LogP contribution < -0.4 is 10.1 Å². The van der Waals surface area contributed by atoms with Gasteiger partial charge in [0, 0.05) is 31.4 Å². The Kier molecular flexibility index (Phi) is 6.38. The van der Waals surface area contributed by atoms with Gasteiger partial charge in [-0.1, -0.05) is 42.5 Å². The number of hydrogen-bond donors (Lipinski definition) is 1. The molecule has 0 unspecified atom stereocenters. The van der Waals surface area contributed by atoms with E-state index < -0.39 is 0 Å². The number of nitrogens with one attached hydrogen (secondary N) is 1. The number of fused-ring (bicyclic) bond motifs is 1. The van der Waals surface area contributed by atoms with Crippen LogP contribution in [0.5, 0.6) is 5.75 Å². The zero-order chi connectivity index (χ0) is 21.5. The molecule has 1 amide bonds. The lowest BCUT2D eigenvalue weighted by Gasteiger charge is -2.06. The van der Waals surface area contributed by atoms with Crippen molar-refractivity contribution in [3.63, 3.8) is 0 Å². The molecule has 1 N–H and O–H groups in total. The van der Waals surface area contributed by atoms with Crippen LogP contribution in [-0.2, 0) is 17.8 Å². The highest BCUT2D eigenvalue weighted by Crippen LogP contribution is 2.15. The quantitative estimate of drug-likeness (QED) is 0.433. The Balaban J connectivity index is 1.22. The van der Waals surface area contributed by atoms with E-state index in [4.69, 9.17) is 4.74 Å². The van der Waals surface area contributed by atoms with E-state index in [0.29, 0.717) is 25.2 Å². The number of halogens is 1. The maximum absolute atomic E-state index is 13.2. The van der Waals surface area contributed by atoms with Gasteiger partial charge < -0.3 is 14.5 Å². The number of aromatic nitrogens is 2. The monoisotopic (exact) mass is 415 g/mol. The molecule has 0 spiro atoms. The molecule has 31 heavy (non-hydrogen) atoms. The molecule has 4 aromatic rings. The summed E-state index contributed by atoms with van der Waals surface area (Å²) in [6, 6.07) is 20.5. The molecule has 0 fully saturated rings. The SMILES string of the molecule is O=C(/C=C/c1ccc(OCc2ccccc2)cc1)NCCc1cn2cc(F)ccc2n1. The van der Waals surface area contributed by atoms with Crippen molar-refractivity contribution in [1.29, 1.82) is 0 Å². The van der Waals surface area contributed by atoms with E-state index in [2.05, 4.69) is 10.3 Å². The van der Waals surface area contributed by atoms with Crippen molar-refractivity contribution in [2.75, 3.05) is 6.54 Å². The van der Waals surface area contributed by atoms with E-state index in [1.165, 1.54) is 18.3 Å². The third kappa shape index (κ3) is 5.79. The number of carbonyl (C=O) groups excluding carboxylic acids is 1. The molecule has 6 heteroatoms. The molecular formula is C25H22FN3O2. The molecule has 2 heterocycles. The predicted molar refractivity (Wildman–Crippen MR) is 118 cm³/mol. The summed E-state index contributed by atoms with van der Waals surface area (Å²) in [4.78, 5) is 16.5. The van der Waals surface area contributed by atoms with Gasteiger partial charge in [0.2, 0.25) is 5.91 Å². The lowest BCUT2D eigenvalue weighted by Crippen LogP contribution is -2.23. The van der Waals surface area contributed by atoms with Gasteiger partial charge in [-0.25, -0.2) is 9.37 Å². The molecule has 0 atom stereocenters. The molecule has 156 valence electrons. The highest BCUT2D eigenvalue weighted by molar-refractivity contribution is 5.91. The van der Waals surface area contributed by atoms with Gasteiger partial charge in [0.15, 0.2) is 0 Å². The summed E-state index contributed by atoms with van der Waals surface area (Å²) in [6.45, 7) is 0.960. The number of ether oxygens (including phenoxy) is 1. The largest absolute Gasteiger partial charge is 0.489 e. The fourth-order valence-electron chi connectivity index (χ4n) is 3.10. The van der Waals surface area contributed by atoms with Crippen molar-refractivity contribution in [3.05, 3.63) is 108 Å². The molecule has 0 aliphatic carbocycles. The molecule has 0 bridgehead atoms. The Bertz CT molecular complexity index is 1180. The number of carbonyl (C=O) groups is 1. The molecule has 5 nitrogen and oxygen atoms in total. The fourth-order valence-corrected chi connectivity index (χ4v) is 3.10. The van der Waals surface area contributed by atoms with E-state index in [1.54, 1.807) is 22.7 Å². The second kappa shape index (κ2) is 9.71. The van der Waals surface area contributed by atoms with Crippen molar-refractivity contribution >= 4 is 17.6 Å². The van der Waals surface area contributed by atoms with Crippen LogP contribution in [0.3, 0.4) is 0 Å². The minimum absolute atomic E-state index is 0.181. The summed E-state index contributed by atoms with van der Waals surface area (Å²) in [6.07, 6.45) is 6.96. The van der Waals surface area contributed by atoms with Crippen molar-refractivity contribution in [3.8, 4) is 5.75 Å². The Morgan fingerprint density at radius 1 is 1.03 bits per heavy atom. The van der Waals surface area contributed by atoms with Crippen molar-refractivity contribution in [2.45, 2.75) is 13.0 Å². The highest BCUT2D eigenvalue weighted by Gasteiger charge is 2.03. The van der Waals surface area contributed by atoms with Gasteiger partial charge in [-0.2, -0.15) is 0 Å². The van der Waals surface area contributed by atoms with E-state index in [1.807, 2.05) is 54.6 Å². The van der Waals surface area contributed by atoms with Gasteiger partial charge in [-0.15, -0.1) is 0 Å². The van der Waals surface area contributed by atoms with Crippen LogP contribution >= 0.6 is 0 Å². The third-order valence-corrected chi connectivity index (χ3v) is 4.70. The molecule has 2 aromatic carbocycles. The Morgan fingerprint density at radius 3 is 2.65 bits per heavy atom. The van der Waals surface area contributed by atoms with Gasteiger partial charge in [0.05, 0.1) is 5.69 Å². The molecule has 0 aliphatic heterocycles. The van der Waals surface area contributed by atoms with Crippen LogP contribution in [0.15, 0.2) is 85.2 Å². The number of imidazole rings is 1. The third-order valence-electron chi connectivity index (χ3n) is 4.70. The number of benzene rings is 2. The molecule has 0 radical (unpaired) electrons. The van der Waals surface area contributed by atoms with Crippen LogP contribution in [0.4, 0.5) is 4.39 Å². The lowest BCUT2D eigenvalue weighted by molar-refractivity contribution is -0.116. The second-order valence-corrected chi connectivity index (χ2v) is 7.06. The first-order valence-electron chi connectivity index (χ1n) is 10.0. The Hall–Kier alpha value is -3.93. The number of rotatable bonds is 8. The fraction of sp³-hybridized carbons (Fsp3) is 0.120. The van der Waals surface area contributed by atoms with Crippen LogP contribution in [0.25, 0.3) is 11.7 Å². The zero-order valence-corrected chi connectivity index (χ0v) is 16.9. The molecule has 2 aromatic heterocycles. The molecule has 4 rings (SSSR count). The number of nitrogens with zero attached hydrogens (tertiary/aromatic N) is 2. The van der Waals surface area contributed by atoms with E-state index in [-0.39, 0.29) is 11.7 Å². The Labute approximate surface area is 179 Å². The highest BCUT2D eigenvalue weighted by atomic mass is 19.1. The van der Waals surface area contributed by atoms with Crippen LogP contribution in [0, 0.1) is 5.82 Å². The average molecular weight is 415 g/mol. The number of pyridine rings is 1. The predicted octanol–water partition coefficient (Wildman–Crippen LogP) is 4.42. The summed E-state index contributed by atoms with van der Waals surface area (Å²) in [5.74, 6) is 0.280. The van der Waals surface area contributed by atoms with Crippen LogP contribution in [0.2, 0.25) is 0 Å². The normalized spacial score (nSPS) is 11.1. The lowest BCUT2D eigenvalue weighted by atomic mass is 10.2. The minimum Gasteiger partial charge on any atom is -0.489 e. The van der Waals surface area contributed by atoms with Crippen molar-refractivity contribution in [2.24, 2.45) is 0 Å². The van der Waals surface area contributed by atoms with Crippen molar-refractivity contribution < 1.29 is 13.9 Å². The molecule has 0 saturated heterocycles. The number of hydrogen-bond acceptors (Lipinski definition) is 3. The maximum Gasteiger partial charge on any atom is 0.244 e. The van der Waals surface area contributed by atoms with E-state index in [0.717, 1.165) is 22.6 Å². The smallest absolute Gasteiger partial charge is 0.244 e. The summed E-state index contributed by atoms with van der Waals surface area (Å²) >= 11 is 0. The van der Waals surface area contributed by atoms with Gasteiger partial charge >= 0.3 is 0 Å². The van der Waals surface area contributed by atoms with Crippen molar-refractivity contribution in [1.82, 2.24) is 14.7 Å². The summed E-state index contributed by atoms with van der Waals surface area (Å²) < 4.78 is 20.6. The molecular weight excluding hydrogens is 393 g/mol. The average Bonchev–Trinajstić information content (AvgIpc) is 3.19. The van der Waals surface area contributed by atoms with E-state index >= 15 is 0 Å². The van der Waals surface area contributed by atoms with Gasteiger partial charge in [-0.3, -0.25) is 4.79 Å².